The smallest absolute Gasteiger partial charge is 0.387 e. The van der Waals surface area contributed by atoms with Gasteiger partial charge in [-0.2, -0.15) is 18.9 Å². The molecule has 0 bridgehead atoms. The van der Waals surface area contributed by atoms with Gasteiger partial charge in [0, 0.05) is 29.2 Å². The lowest BCUT2D eigenvalue weighted by molar-refractivity contribution is -0.0506. The minimum Gasteiger partial charge on any atom is -0.434 e. The van der Waals surface area contributed by atoms with Crippen LogP contribution in [0.5, 0.6) is 5.75 Å². The molecule has 1 N–H and O–H groups in total. The van der Waals surface area contributed by atoms with Crippen LogP contribution in [0.2, 0.25) is 0 Å². The van der Waals surface area contributed by atoms with Crippen molar-refractivity contribution in [2.75, 3.05) is 5.32 Å². The fraction of sp³-hybridized carbons (Fsp3) is 0.118. The average molecular weight is 341 g/mol. The number of hydrogen-bond donors (Lipinski definition) is 1. The summed E-state index contributed by atoms with van der Waals surface area (Å²) in [7, 11) is 0. The Balaban J connectivity index is 1.82. The number of aromatic nitrogens is 4. The van der Waals surface area contributed by atoms with Crippen LogP contribution >= 0.6 is 0 Å². The number of para-hydroxylation sites is 1. The number of rotatable bonds is 4. The molecule has 8 heteroatoms. The Labute approximate surface area is 141 Å². The first-order chi connectivity index (χ1) is 12.2. The third-order valence-electron chi connectivity index (χ3n) is 3.83. The molecule has 6 nitrogen and oxygen atoms in total. The van der Waals surface area contributed by atoms with Gasteiger partial charge < -0.3 is 10.1 Å². The summed E-state index contributed by atoms with van der Waals surface area (Å²) in [5, 5.41) is 7.38. The number of halogens is 2. The number of alkyl halides is 2. The Morgan fingerprint density at radius 3 is 2.84 bits per heavy atom. The van der Waals surface area contributed by atoms with Crippen LogP contribution in [0, 0.1) is 0 Å². The summed E-state index contributed by atoms with van der Waals surface area (Å²) in [5.41, 5.74) is 2.19. The fourth-order valence-corrected chi connectivity index (χ4v) is 2.77. The van der Waals surface area contributed by atoms with Crippen LogP contribution < -0.4 is 10.1 Å². The molecule has 0 radical (unpaired) electrons. The monoisotopic (exact) mass is 341 g/mol. The highest BCUT2D eigenvalue weighted by molar-refractivity contribution is 5.76. The van der Waals surface area contributed by atoms with Crippen molar-refractivity contribution in [3.8, 4) is 5.75 Å². The zero-order valence-corrected chi connectivity index (χ0v) is 12.9. The minimum atomic E-state index is -2.90. The molecule has 1 aliphatic rings. The van der Waals surface area contributed by atoms with Crippen LogP contribution in [0.4, 0.5) is 14.7 Å². The Morgan fingerprint density at radius 2 is 2.04 bits per heavy atom. The van der Waals surface area contributed by atoms with E-state index >= 15 is 0 Å². The van der Waals surface area contributed by atoms with Gasteiger partial charge >= 0.3 is 6.61 Å². The molecule has 0 amide bonds. The predicted octanol–water partition coefficient (Wildman–Crippen LogP) is 3.33. The topological polar surface area (TPSA) is 64.9 Å². The van der Waals surface area contributed by atoms with Crippen molar-refractivity contribution < 1.29 is 13.5 Å². The van der Waals surface area contributed by atoms with Crippen molar-refractivity contribution in [1.29, 1.82) is 0 Å². The first kappa shape index (κ1) is 15.3. The fourth-order valence-electron chi connectivity index (χ4n) is 2.77. The zero-order chi connectivity index (χ0) is 17.2. The van der Waals surface area contributed by atoms with Crippen LogP contribution in [0.3, 0.4) is 0 Å². The molecule has 4 rings (SSSR count). The van der Waals surface area contributed by atoms with Gasteiger partial charge in [0.05, 0.1) is 0 Å². The van der Waals surface area contributed by atoms with Gasteiger partial charge in [-0.3, -0.25) is 4.98 Å². The third kappa shape index (κ3) is 2.93. The van der Waals surface area contributed by atoms with E-state index in [4.69, 9.17) is 0 Å². The number of fused-ring (bicyclic) bond motifs is 1. The molecule has 0 fully saturated rings. The lowest BCUT2D eigenvalue weighted by Gasteiger charge is -2.25. The van der Waals surface area contributed by atoms with E-state index in [0.29, 0.717) is 11.5 Å². The number of pyridine rings is 1. The van der Waals surface area contributed by atoms with E-state index in [2.05, 4.69) is 25.1 Å². The quantitative estimate of drug-likeness (QED) is 0.788. The standard InChI is InChI=1S/C17H13F2N5O/c18-16(19)25-15-6-2-1-5-12(15)14-8-13(11-4-3-7-20-9-11)23-17-21-10-22-24(14)17/h1-10,14,16H,(H,21,22,23)/t14-/m1/s1. The number of anilines is 1. The van der Waals surface area contributed by atoms with Crippen LogP contribution in [0.1, 0.15) is 17.2 Å². The number of benzene rings is 1. The molecule has 0 aliphatic carbocycles. The SMILES string of the molecule is FC(F)Oc1ccccc1[C@H]1C=C(c2cccnc2)Nc2ncnn21. The van der Waals surface area contributed by atoms with E-state index in [1.165, 1.54) is 12.4 Å². The van der Waals surface area contributed by atoms with Gasteiger partial charge in [0.25, 0.3) is 0 Å². The molecule has 0 saturated carbocycles. The zero-order valence-electron chi connectivity index (χ0n) is 12.9. The van der Waals surface area contributed by atoms with Crippen molar-refractivity contribution in [2.24, 2.45) is 0 Å². The molecule has 25 heavy (non-hydrogen) atoms. The molecular formula is C17H13F2N5O. The summed E-state index contributed by atoms with van der Waals surface area (Å²) >= 11 is 0. The minimum absolute atomic E-state index is 0.104. The second kappa shape index (κ2) is 6.31. The number of hydrogen-bond acceptors (Lipinski definition) is 5. The molecule has 3 heterocycles. The van der Waals surface area contributed by atoms with Crippen molar-refractivity contribution in [3.05, 3.63) is 72.3 Å². The van der Waals surface area contributed by atoms with Crippen LogP contribution in [-0.2, 0) is 0 Å². The van der Waals surface area contributed by atoms with Gasteiger partial charge in [0.1, 0.15) is 18.1 Å². The lowest BCUT2D eigenvalue weighted by atomic mass is 10.0. The predicted molar refractivity (Wildman–Crippen MR) is 87.1 cm³/mol. The van der Waals surface area contributed by atoms with Gasteiger partial charge in [-0.15, -0.1) is 0 Å². The number of nitrogens with zero attached hydrogens (tertiary/aromatic N) is 4. The average Bonchev–Trinajstić information content (AvgIpc) is 3.10. The van der Waals surface area contributed by atoms with E-state index in [1.54, 1.807) is 35.3 Å². The second-order valence-corrected chi connectivity index (χ2v) is 5.34. The van der Waals surface area contributed by atoms with Gasteiger partial charge in [0.2, 0.25) is 5.95 Å². The normalized spacial score (nSPS) is 16.1. The number of nitrogens with one attached hydrogen (secondary N) is 1. The molecule has 2 aromatic heterocycles. The van der Waals surface area contributed by atoms with E-state index in [1.807, 2.05) is 18.2 Å². The molecule has 0 saturated heterocycles. The Kier molecular flexibility index (Phi) is 3.85. The maximum atomic E-state index is 12.8. The molecule has 1 atom stereocenters. The largest absolute Gasteiger partial charge is 0.434 e. The Morgan fingerprint density at radius 1 is 1.16 bits per heavy atom. The molecule has 0 unspecified atom stereocenters. The van der Waals surface area contributed by atoms with Crippen molar-refractivity contribution in [1.82, 2.24) is 19.7 Å². The third-order valence-corrected chi connectivity index (χ3v) is 3.83. The highest BCUT2D eigenvalue weighted by atomic mass is 19.3. The van der Waals surface area contributed by atoms with E-state index < -0.39 is 12.7 Å². The molecule has 0 spiro atoms. The van der Waals surface area contributed by atoms with Gasteiger partial charge in [-0.25, -0.2) is 4.68 Å². The van der Waals surface area contributed by atoms with E-state index in [0.717, 1.165) is 11.3 Å². The summed E-state index contributed by atoms with van der Waals surface area (Å²) in [6, 6.07) is 9.94. The van der Waals surface area contributed by atoms with E-state index in [-0.39, 0.29) is 5.75 Å². The summed E-state index contributed by atoms with van der Waals surface area (Å²) < 4.78 is 31.8. The first-order valence-electron chi connectivity index (χ1n) is 7.55. The van der Waals surface area contributed by atoms with E-state index in [9.17, 15) is 8.78 Å². The van der Waals surface area contributed by atoms with Crippen molar-refractivity contribution >= 4 is 11.6 Å². The number of allylic oxidation sites excluding steroid dienone is 1. The highest BCUT2D eigenvalue weighted by Gasteiger charge is 2.26. The Bertz CT molecular complexity index is 910. The van der Waals surface area contributed by atoms with Crippen LogP contribution in [-0.4, -0.2) is 26.4 Å². The van der Waals surface area contributed by atoms with Gasteiger partial charge in [0.15, 0.2) is 0 Å². The Hall–Kier alpha value is -3.29. The maximum Gasteiger partial charge on any atom is 0.387 e. The lowest BCUT2D eigenvalue weighted by Crippen LogP contribution is -2.21. The molecule has 126 valence electrons. The van der Waals surface area contributed by atoms with Crippen molar-refractivity contribution in [2.45, 2.75) is 12.7 Å². The summed E-state index contributed by atoms with van der Waals surface area (Å²) in [5.74, 6) is 0.617. The highest BCUT2D eigenvalue weighted by Crippen LogP contribution is 2.36. The molecule has 1 aliphatic heterocycles. The summed E-state index contributed by atoms with van der Waals surface area (Å²) in [6.07, 6.45) is 6.68. The van der Waals surface area contributed by atoms with Crippen molar-refractivity contribution in [3.63, 3.8) is 0 Å². The van der Waals surface area contributed by atoms with Gasteiger partial charge in [-0.1, -0.05) is 18.2 Å². The van der Waals surface area contributed by atoms with Gasteiger partial charge in [-0.05, 0) is 24.3 Å². The maximum absolute atomic E-state index is 12.8. The summed E-state index contributed by atoms with van der Waals surface area (Å²) in [4.78, 5) is 8.30. The molecular weight excluding hydrogens is 328 g/mol. The molecule has 1 aromatic carbocycles. The first-order valence-corrected chi connectivity index (χ1v) is 7.55. The second-order valence-electron chi connectivity index (χ2n) is 5.34. The van der Waals surface area contributed by atoms with Crippen LogP contribution in [0.25, 0.3) is 5.70 Å². The number of ether oxygens (including phenoxy) is 1. The molecule has 3 aromatic rings. The summed E-state index contributed by atoms with van der Waals surface area (Å²) in [6.45, 7) is -2.90. The van der Waals surface area contributed by atoms with Crippen LogP contribution in [0.15, 0.2) is 61.2 Å².